The SMILES string of the molecule is COc1ccc(OC)c([C@H]2[C@H](N3C(=O)c4c(Cl)c(Cl)c(Cl)c(Cl)c4C3=O)C(=O)N2c2cccc(C(F)(F)F)c2)c1. The number of carbonyl (C=O) groups excluding carboxylic acids is 3. The van der Waals surface area contributed by atoms with E-state index in [4.69, 9.17) is 55.9 Å². The highest BCUT2D eigenvalue weighted by Gasteiger charge is 2.59. The summed E-state index contributed by atoms with van der Waals surface area (Å²) in [6.07, 6.45) is -4.69. The van der Waals surface area contributed by atoms with E-state index in [9.17, 15) is 27.6 Å². The Kier molecular flexibility index (Phi) is 7.11. The molecule has 0 aliphatic carbocycles. The lowest BCUT2D eigenvalue weighted by atomic mass is 9.85. The van der Waals surface area contributed by atoms with Crippen molar-refractivity contribution in [3.63, 3.8) is 0 Å². The van der Waals surface area contributed by atoms with E-state index in [0.717, 1.165) is 23.1 Å². The van der Waals surface area contributed by atoms with E-state index in [1.54, 1.807) is 6.07 Å². The zero-order valence-electron chi connectivity index (χ0n) is 20.3. The summed E-state index contributed by atoms with van der Waals surface area (Å²) >= 11 is 24.7. The summed E-state index contributed by atoms with van der Waals surface area (Å²) < 4.78 is 51.3. The highest BCUT2D eigenvalue weighted by Crippen LogP contribution is 2.51. The van der Waals surface area contributed by atoms with Crippen molar-refractivity contribution in [1.29, 1.82) is 0 Å². The van der Waals surface area contributed by atoms with Crippen LogP contribution >= 0.6 is 46.4 Å². The molecule has 1 fully saturated rings. The molecule has 5 rings (SSSR count). The summed E-state index contributed by atoms with van der Waals surface area (Å²) in [7, 11) is 2.74. The standard InChI is InChI=1S/C26H15Cl4F3N2O5/c1-39-12-6-7-14(40-2)13(9-12)21-22(25(38)34(21)11-5-3-4-10(8-11)26(31,32)33)35-23(36)15-16(24(35)37)18(28)20(30)19(29)17(15)27/h3-9,21-22H,1-2H3/t21-,22-/m0/s1. The van der Waals surface area contributed by atoms with Gasteiger partial charge in [0.1, 0.15) is 17.5 Å². The first-order chi connectivity index (χ1) is 18.8. The van der Waals surface area contributed by atoms with E-state index < -0.39 is 41.5 Å². The molecular formula is C26H15Cl4F3N2O5. The number of rotatable bonds is 5. The molecule has 0 unspecified atom stereocenters. The van der Waals surface area contributed by atoms with Crippen LogP contribution in [-0.4, -0.2) is 42.9 Å². The molecule has 0 aromatic heterocycles. The summed E-state index contributed by atoms with van der Waals surface area (Å²) in [6.45, 7) is 0. The molecule has 0 radical (unpaired) electrons. The zero-order chi connectivity index (χ0) is 29.3. The number of alkyl halides is 3. The van der Waals surface area contributed by atoms with Gasteiger partial charge in [-0.2, -0.15) is 13.2 Å². The molecule has 3 aromatic rings. The predicted molar refractivity (Wildman–Crippen MR) is 142 cm³/mol. The fourth-order valence-electron chi connectivity index (χ4n) is 4.84. The molecule has 2 aliphatic heterocycles. The third kappa shape index (κ3) is 4.16. The monoisotopic (exact) mass is 632 g/mol. The molecule has 3 amide bonds. The van der Waals surface area contributed by atoms with Crippen LogP contribution in [0, 0.1) is 0 Å². The van der Waals surface area contributed by atoms with Crippen LogP contribution in [-0.2, 0) is 11.0 Å². The van der Waals surface area contributed by atoms with E-state index in [0.29, 0.717) is 10.6 Å². The minimum absolute atomic E-state index is 0.121. The number of imide groups is 1. The third-order valence-corrected chi connectivity index (χ3v) is 8.49. The quantitative estimate of drug-likeness (QED) is 0.130. The molecule has 3 aromatic carbocycles. The van der Waals surface area contributed by atoms with Crippen molar-refractivity contribution in [2.24, 2.45) is 0 Å². The van der Waals surface area contributed by atoms with E-state index >= 15 is 0 Å². The number of β-lactam (4-membered cyclic amide) rings is 1. The smallest absolute Gasteiger partial charge is 0.416 e. The van der Waals surface area contributed by atoms with Gasteiger partial charge in [0.05, 0.1) is 57.0 Å². The Morgan fingerprint density at radius 1 is 0.750 bits per heavy atom. The molecule has 0 saturated carbocycles. The van der Waals surface area contributed by atoms with Gasteiger partial charge in [0.25, 0.3) is 17.7 Å². The Balaban J connectivity index is 1.69. The maximum absolute atomic E-state index is 13.7. The third-order valence-electron chi connectivity index (χ3n) is 6.69. The highest BCUT2D eigenvalue weighted by atomic mass is 35.5. The lowest BCUT2D eigenvalue weighted by Gasteiger charge is -2.50. The normalized spacial score (nSPS) is 18.7. The van der Waals surface area contributed by atoms with Gasteiger partial charge in [-0.3, -0.25) is 19.3 Å². The van der Waals surface area contributed by atoms with Crippen molar-refractivity contribution in [2.75, 3.05) is 19.1 Å². The van der Waals surface area contributed by atoms with Crippen LogP contribution in [0.3, 0.4) is 0 Å². The zero-order valence-corrected chi connectivity index (χ0v) is 23.3. The van der Waals surface area contributed by atoms with E-state index in [-0.39, 0.29) is 48.2 Å². The number of carbonyl (C=O) groups is 3. The molecule has 0 bridgehead atoms. The molecule has 2 aliphatic rings. The Morgan fingerprint density at radius 3 is 1.88 bits per heavy atom. The highest BCUT2D eigenvalue weighted by molar-refractivity contribution is 6.55. The predicted octanol–water partition coefficient (Wildman–Crippen LogP) is 7.09. The van der Waals surface area contributed by atoms with Crippen LogP contribution in [0.5, 0.6) is 11.5 Å². The number of hydrogen-bond donors (Lipinski definition) is 0. The van der Waals surface area contributed by atoms with Crippen molar-refractivity contribution in [2.45, 2.75) is 18.3 Å². The van der Waals surface area contributed by atoms with Gasteiger partial charge < -0.3 is 14.4 Å². The van der Waals surface area contributed by atoms with Crippen LogP contribution in [0.4, 0.5) is 18.9 Å². The van der Waals surface area contributed by atoms with Crippen molar-refractivity contribution < 1.29 is 37.0 Å². The molecule has 7 nitrogen and oxygen atoms in total. The number of halogens is 7. The van der Waals surface area contributed by atoms with Crippen LogP contribution in [0.15, 0.2) is 42.5 Å². The largest absolute Gasteiger partial charge is 0.497 e. The van der Waals surface area contributed by atoms with Gasteiger partial charge in [0, 0.05) is 11.3 Å². The molecule has 2 atom stereocenters. The first-order valence-electron chi connectivity index (χ1n) is 11.3. The summed E-state index contributed by atoms with van der Waals surface area (Å²) in [5, 5.41) is -1.17. The maximum Gasteiger partial charge on any atom is 0.416 e. The summed E-state index contributed by atoms with van der Waals surface area (Å²) in [5.74, 6) is -2.24. The Hall–Kier alpha value is -3.18. The summed E-state index contributed by atoms with van der Waals surface area (Å²) in [6, 6.07) is 5.97. The van der Waals surface area contributed by atoms with Crippen molar-refractivity contribution in [1.82, 2.24) is 4.90 Å². The molecule has 1 saturated heterocycles. The molecular weight excluding hydrogens is 619 g/mol. The van der Waals surface area contributed by atoms with Gasteiger partial charge in [-0.15, -0.1) is 0 Å². The van der Waals surface area contributed by atoms with Crippen LogP contribution in [0.1, 0.15) is 37.9 Å². The fourth-order valence-corrected chi connectivity index (χ4v) is 5.86. The van der Waals surface area contributed by atoms with Gasteiger partial charge in [-0.05, 0) is 36.4 Å². The molecule has 14 heteroatoms. The van der Waals surface area contributed by atoms with Crippen molar-refractivity contribution >= 4 is 69.8 Å². The lowest BCUT2D eigenvalue weighted by molar-refractivity contribution is -0.137. The summed E-state index contributed by atoms with van der Waals surface area (Å²) in [4.78, 5) is 42.6. The molecule has 0 spiro atoms. The van der Waals surface area contributed by atoms with E-state index in [1.807, 2.05) is 0 Å². The van der Waals surface area contributed by atoms with E-state index in [1.165, 1.54) is 32.4 Å². The number of hydrogen-bond acceptors (Lipinski definition) is 5. The molecule has 2 heterocycles. The second-order valence-corrected chi connectivity index (χ2v) is 10.3. The van der Waals surface area contributed by atoms with Gasteiger partial charge in [0.2, 0.25) is 0 Å². The first-order valence-corrected chi connectivity index (χ1v) is 12.8. The first kappa shape index (κ1) is 28.4. The molecule has 40 heavy (non-hydrogen) atoms. The number of anilines is 1. The Bertz CT molecular complexity index is 1570. The van der Waals surface area contributed by atoms with Crippen LogP contribution in [0.2, 0.25) is 20.1 Å². The van der Waals surface area contributed by atoms with Crippen molar-refractivity contribution in [3.8, 4) is 11.5 Å². The lowest BCUT2D eigenvalue weighted by Crippen LogP contribution is -2.67. The number of fused-ring (bicyclic) bond motifs is 1. The average Bonchev–Trinajstić information content (AvgIpc) is 3.18. The number of ether oxygens (including phenoxy) is 2. The number of benzene rings is 3. The van der Waals surface area contributed by atoms with Gasteiger partial charge >= 0.3 is 6.18 Å². The molecule has 0 N–H and O–H groups in total. The second-order valence-electron chi connectivity index (χ2n) is 8.74. The Labute approximate surface area is 244 Å². The minimum atomic E-state index is -4.69. The number of methoxy groups -OCH3 is 2. The van der Waals surface area contributed by atoms with Gasteiger partial charge in [-0.25, -0.2) is 0 Å². The minimum Gasteiger partial charge on any atom is -0.497 e. The number of amides is 3. The molecule has 208 valence electrons. The number of nitrogens with zero attached hydrogens (tertiary/aromatic N) is 2. The van der Waals surface area contributed by atoms with Crippen molar-refractivity contribution in [3.05, 3.63) is 84.8 Å². The van der Waals surface area contributed by atoms with E-state index in [2.05, 4.69) is 0 Å². The van der Waals surface area contributed by atoms with Crippen LogP contribution in [0.25, 0.3) is 0 Å². The van der Waals surface area contributed by atoms with Gasteiger partial charge in [-0.1, -0.05) is 52.5 Å². The second kappa shape index (κ2) is 10.0. The fraction of sp³-hybridized carbons (Fsp3) is 0.192. The topological polar surface area (TPSA) is 76.1 Å². The maximum atomic E-state index is 13.7. The Morgan fingerprint density at radius 2 is 1.35 bits per heavy atom. The average molecular weight is 634 g/mol. The summed E-state index contributed by atoms with van der Waals surface area (Å²) in [5.41, 5.74) is -1.54. The van der Waals surface area contributed by atoms with Gasteiger partial charge in [0.15, 0.2) is 0 Å². The van der Waals surface area contributed by atoms with Crippen LogP contribution < -0.4 is 14.4 Å².